The standard InChI is InChI=1S/C10H6F4O2/c11-5-1-2-8(12)6(3-5)7(10(13)14)4-9(15)16/h1-4,10H,(H,15,16)/b7-4-. The lowest BCUT2D eigenvalue weighted by Crippen LogP contribution is -2.03. The molecule has 0 bridgehead atoms. The van der Waals surface area contributed by atoms with E-state index in [1.807, 2.05) is 0 Å². The zero-order valence-corrected chi connectivity index (χ0v) is 7.75. The van der Waals surface area contributed by atoms with Crippen LogP contribution in [0.25, 0.3) is 5.57 Å². The highest BCUT2D eigenvalue weighted by Crippen LogP contribution is 2.25. The van der Waals surface area contributed by atoms with Crippen molar-refractivity contribution in [2.75, 3.05) is 0 Å². The van der Waals surface area contributed by atoms with Crippen molar-refractivity contribution in [3.05, 3.63) is 41.5 Å². The molecule has 0 aliphatic rings. The van der Waals surface area contributed by atoms with E-state index in [-0.39, 0.29) is 6.08 Å². The van der Waals surface area contributed by atoms with Crippen molar-refractivity contribution < 1.29 is 27.5 Å². The van der Waals surface area contributed by atoms with Crippen LogP contribution >= 0.6 is 0 Å². The molecule has 0 aliphatic carbocycles. The Morgan fingerprint density at radius 2 is 1.94 bits per heavy atom. The van der Waals surface area contributed by atoms with E-state index < -0.39 is 35.2 Å². The van der Waals surface area contributed by atoms with Gasteiger partial charge in [0.2, 0.25) is 0 Å². The summed E-state index contributed by atoms with van der Waals surface area (Å²) in [5.41, 5.74) is -1.82. The predicted octanol–water partition coefficient (Wildman–Crippen LogP) is 2.70. The van der Waals surface area contributed by atoms with Gasteiger partial charge in [-0.3, -0.25) is 0 Å². The summed E-state index contributed by atoms with van der Waals surface area (Å²) in [6.07, 6.45) is -3.05. The number of hydrogen-bond donors (Lipinski definition) is 1. The first-order valence-corrected chi connectivity index (χ1v) is 4.10. The maximum Gasteiger partial charge on any atom is 0.328 e. The molecule has 1 N–H and O–H groups in total. The highest BCUT2D eigenvalue weighted by Gasteiger charge is 2.19. The highest BCUT2D eigenvalue weighted by molar-refractivity contribution is 5.90. The molecule has 0 aliphatic heterocycles. The molecule has 0 aromatic heterocycles. The largest absolute Gasteiger partial charge is 0.478 e. The smallest absolute Gasteiger partial charge is 0.328 e. The van der Waals surface area contributed by atoms with E-state index in [9.17, 15) is 22.4 Å². The molecule has 0 spiro atoms. The van der Waals surface area contributed by atoms with Crippen molar-refractivity contribution in [2.45, 2.75) is 6.43 Å². The fraction of sp³-hybridized carbons (Fsp3) is 0.100. The Kier molecular flexibility index (Phi) is 3.65. The second-order valence-corrected chi connectivity index (χ2v) is 2.86. The van der Waals surface area contributed by atoms with Crippen LogP contribution in [0.5, 0.6) is 0 Å². The lowest BCUT2D eigenvalue weighted by Gasteiger charge is -2.07. The fourth-order valence-electron chi connectivity index (χ4n) is 1.11. The lowest BCUT2D eigenvalue weighted by molar-refractivity contribution is -0.131. The number of carbonyl (C=O) groups is 1. The molecule has 6 heteroatoms. The lowest BCUT2D eigenvalue weighted by atomic mass is 10.1. The zero-order chi connectivity index (χ0) is 12.3. The quantitative estimate of drug-likeness (QED) is 0.644. The average Bonchev–Trinajstić information content (AvgIpc) is 2.18. The number of aliphatic carboxylic acids is 1. The topological polar surface area (TPSA) is 37.3 Å². The Morgan fingerprint density at radius 3 is 2.44 bits per heavy atom. The number of rotatable bonds is 3. The molecule has 0 unspecified atom stereocenters. The van der Waals surface area contributed by atoms with Gasteiger partial charge in [-0.2, -0.15) is 0 Å². The third kappa shape index (κ3) is 2.82. The maximum absolute atomic E-state index is 13.1. The number of carboxylic acid groups (broad SMARTS) is 1. The summed E-state index contributed by atoms with van der Waals surface area (Å²) in [5.74, 6) is -3.68. The fourth-order valence-corrected chi connectivity index (χ4v) is 1.11. The van der Waals surface area contributed by atoms with Crippen LogP contribution in [0, 0.1) is 11.6 Å². The van der Waals surface area contributed by atoms with Crippen molar-refractivity contribution in [1.29, 1.82) is 0 Å². The van der Waals surface area contributed by atoms with E-state index in [4.69, 9.17) is 5.11 Å². The van der Waals surface area contributed by atoms with Gasteiger partial charge in [-0.15, -0.1) is 0 Å². The summed E-state index contributed by atoms with van der Waals surface area (Å²) in [7, 11) is 0. The van der Waals surface area contributed by atoms with Crippen LogP contribution in [0.2, 0.25) is 0 Å². The summed E-state index contributed by atoms with van der Waals surface area (Å²) >= 11 is 0. The average molecular weight is 234 g/mol. The summed E-state index contributed by atoms with van der Waals surface area (Å²) in [6.45, 7) is 0. The van der Waals surface area contributed by atoms with Gasteiger partial charge in [0.05, 0.1) is 0 Å². The molecule has 0 atom stereocenters. The molecular weight excluding hydrogens is 228 g/mol. The molecule has 0 radical (unpaired) electrons. The Balaban J connectivity index is 3.31. The number of benzene rings is 1. The van der Waals surface area contributed by atoms with Gasteiger partial charge in [0.1, 0.15) is 11.6 Å². The van der Waals surface area contributed by atoms with Crippen molar-refractivity contribution in [3.63, 3.8) is 0 Å². The van der Waals surface area contributed by atoms with E-state index in [1.54, 1.807) is 0 Å². The van der Waals surface area contributed by atoms with E-state index >= 15 is 0 Å². The summed E-state index contributed by atoms with van der Waals surface area (Å²) in [5, 5.41) is 8.33. The van der Waals surface area contributed by atoms with E-state index in [0.717, 1.165) is 6.07 Å². The van der Waals surface area contributed by atoms with Crippen LogP contribution in [0.15, 0.2) is 24.3 Å². The van der Waals surface area contributed by atoms with E-state index in [2.05, 4.69) is 0 Å². The number of allylic oxidation sites excluding steroid dienone is 1. The molecule has 0 saturated carbocycles. The Morgan fingerprint density at radius 1 is 1.31 bits per heavy atom. The van der Waals surface area contributed by atoms with Gasteiger partial charge < -0.3 is 5.11 Å². The molecule has 16 heavy (non-hydrogen) atoms. The normalized spacial score (nSPS) is 11.9. The van der Waals surface area contributed by atoms with Gasteiger partial charge in [0.25, 0.3) is 6.43 Å². The number of hydrogen-bond acceptors (Lipinski definition) is 1. The Bertz CT molecular complexity index is 440. The van der Waals surface area contributed by atoms with Crippen LogP contribution in [-0.4, -0.2) is 17.5 Å². The van der Waals surface area contributed by atoms with Gasteiger partial charge in [-0.1, -0.05) is 0 Å². The summed E-state index contributed by atoms with van der Waals surface area (Å²) in [6, 6.07) is 1.93. The summed E-state index contributed by atoms with van der Waals surface area (Å²) in [4.78, 5) is 10.3. The van der Waals surface area contributed by atoms with Gasteiger partial charge in [0, 0.05) is 17.2 Å². The monoisotopic (exact) mass is 234 g/mol. The number of halogens is 4. The first-order chi connectivity index (χ1) is 7.41. The molecule has 0 amide bonds. The third-order valence-corrected chi connectivity index (χ3v) is 1.75. The zero-order valence-electron chi connectivity index (χ0n) is 7.75. The summed E-state index contributed by atoms with van der Waals surface area (Å²) < 4.78 is 50.7. The molecule has 1 aromatic carbocycles. The second kappa shape index (κ2) is 4.78. The van der Waals surface area contributed by atoms with Crippen LogP contribution in [0.1, 0.15) is 5.56 Å². The number of carboxylic acids is 1. The van der Waals surface area contributed by atoms with Crippen molar-refractivity contribution >= 4 is 11.5 Å². The minimum Gasteiger partial charge on any atom is -0.478 e. The van der Waals surface area contributed by atoms with Gasteiger partial charge in [-0.05, 0) is 18.2 Å². The first kappa shape index (κ1) is 12.2. The number of alkyl halides is 2. The van der Waals surface area contributed by atoms with E-state index in [0.29, 0.717) is 12.1 Å². The third-order valence-electron chi connectivity index (χ3n) is 1.75. The van der Waals surface area contributed by atoms with Crippen LogP contribution in [0.4, 0.5) is 17.6 Å². The molecule has 86 valence electrons. The first-order valence-electron chi connectivity index (χ1n) is 4.10. The van der Waals surface area contributed by atoms with Crippen LogP contribution in [-0.2, 0) is 4.79 Å². The van der Waals surface area contributed by atoms with Gasteiger partial charge in [0.15, 0.2) is 0 Å². The maximum atomic E-state index is 13.1. The minimum atomic E-state index is -3.20. The molecule has 0 saturated heterocycles. The van der Waals surface area contributed by atoms with Gasteiger partial charge in [-0.25, -0.2) is 22.4 Å². The van der Waals surface area contributed by atoms with Crippen molar-refractivity contribution in [1.82, 2.24) is 0 Å². The molecule has 2 nitrogen and oxygen atoms in total. The van der Waals surface area contributed by atoms with Gasteiger partial charge >= 0.3 is 5.97 Å². The van der Waals surface area contributed by atoms with Crippen LogP contribution < -0.4 is 0 Å². The highest BCUT2D eigenvalue weighted by atomic mass is 19.3. The molecular formula is C10H6F4O2. The SMILES string of the molecule is O=C(O)/C=C(/c1cc(F)ccc1F)C(F)F. The molecule has 1 rings (SSSR count). The minimum absolute atomic E-state index is 0.155. The van der Waals surface area contributed by atoms with Crippen LogP contribution in [0.3, 0.4) is 0 Å². The van der Waals surface area contributed by atoms with Crippen molar-refractivity contribution in [3.8, 4) is 0 Å². The molecule has 0 heterocycles. The molecule has 0 fully saturated rings. The van der Waals surface area contributed by atoms with E-state index in [1.165, 1.54) is 0 Å². The molecule has 1 aromatic rings. The second-order valence-electron chi connectivity index (χ2n) is 2.86. The predicted molar refractivity (Wildman–Crippen MR) is 48.0 cm³/mol. The Labute approximate surface area is 87.8 Å². The van der Waals surface area contributed by atoms with Crippen molar-refractivity contribution in [2.24, 2.45) is 0 Å². The Hall–Kier alpha value is -1.85.